The highest BCUT2D eigenvalue weighted by atomic mass is 16.7. The van der Waals surface area contributed by atoms with Crippen molar-refractivity contribution in [1.29, 1.82) is 0 Å². The molecule has 7 unspecified atom stereocenters. The van der Waals surface area contributed by atoms with Gasteiger partial charge >= 0.3 is 18.0 Å². The highest BCUT2D eigenvalue weighted by Crippen LogP contribution is 2.66. The molecule has 15 heteroatoms. The Morgan fingerprint density at radius 2 is 1.43 bits per heavy atom. The van der Waals surface area contributed by atoms with Crippen LogP contribution in [-0.4, -0.2) is 102 Å². The Morgan fingerprint density at radius 1 is 0.776 bits per heavy atom. The highest BCUT2D eigenvalue weighted by molar-refractivity contribution is 6.25. The van der Waals surface area contributed by atoms with Crippen LogP contribution in [0.15, 0.2) is 127 Å². The molecule has 0 saturated carbocycles. The van der Waals surface area contributed by atoms with Crippen molar-refractivity contribution >= 4 is 35.5 Å². The van der Waals surface area contributed by atoms with Gasteiger partial charge in [0.05, 0.1) is 30.8 Å². The van der Waals surface area contributed by atoms with Gasteiger partial charge in [0.1, 0.15) is 29.4 Å². The van der Waals surface area contributed by atoms with Crippen molar-refractivity contribution in [1.82, 2.24) is 20.0 Å². The van der Waals surface area contributed by atoms with Gasteiger partial charge in [-0.05, 0) is 64.1 Å². The first-order valence-corrected chi connectivity index (χ1v) is 22.6. The Labute approximate surface area is 387 Å². The van der Waals surface area contributed by atoms with E-state index < -0.39 is 77.3 Å². The normalized spacial score (nSPS) is 24.9. The van der Waals surface area contributed by atoms with Crippen molar-refractivity contribution in [2.24, 2.45) is 11.8 Å². The number of amides is 4. The second-order valence-corrected chi connectivity index (χ2v) is 18.0. The molecule has 5 aromatic rings. The van der Waals surface area contributed by atoms with Gasteiger partial charge in [0, 0.05) is 32.7 Å². The lowest BCUT2D eigenvalue weighted by Crippen LogP contribution is -2.59. The SMILES string of the molecule is COC(=O)C(NC(=O)N1C(=O)C2(c3ccccc31)C(C(=O)N1CCN(Cc3ccc4c(c3)OCO4)CC1)C1C(=O)OC(c3ccccc3)C(c3ccccc3)N1C2c1ccc(O)cc1)C(C)C. The van der Waals surface area contributed by atoms with E-state index in [4.69, 9.17) is 18.9 Å². The van der Waals surface area contributed by atoms with Crippen LogP contribution in [0.4, 0.5) is 10.5 Å². The number of hydrogen-bond acceptors (Lipinski definition) is 12. The number of fused-ring (bicyclic) bond motifs is 4. The average Bonchev–Trinajstić information content (AvgIpc) is 4.02. The zero-order chi connectivity index (χ0) is 46.6. The summed E-state index contributed by atoms with van der Waals surface area (Å²) in [4.78, 5) is 82.6. The summed E-state index contributed by atoms with van der Waals surface area (Å²) in [5.41, 5.74) is 1.63. The van der Waals surface area contributed by atoms with Crippen LogP contribution in [0.3, 0.4) is 0 Å². The van der Waals surface area contributed by atoms with Gasteiger partial charge in [0.15, 0.2) is 11.5 Å². The standard InChI is InChI=1S/C52H51N5O10/c1-31(2)42(48(60)64-3)53-51(63)56-38-17-11-10-16-37(38)52(50(56)62)41(47(59)55-26-24-54(25-27-55)29-32-18-23-39-40(28-32)66-30-65-39)44-49(61)67-45(34-14-8-5-9-15-34)43(33-12-6-4-7-13-33)57(44)46(52)35-19-21-36(58)22-20-35/h4-23,28,31,41-46,58H,24-27,29-30H2,1-3H3,(H,53,63). The van der Waals surface area contributed by atoms with Crippen LogP contribution in [0.1, 0.15) is 59.9 Å². The summed E-state index contributed by atoms with van der Waals surface area (Å²) in [6.07, 6.45) is -0.893. The molecule has 7 atom stereocenters. The molecule has 15 nitrogen and oxygen atoms in total. The van der Waals surface area contributed by atoms with Gasteiger partial charge in [-0.25, -0.2) is 14.5 Å². The van der Waals surface area contributed by atoms with Crippen molar-refractivity contribution < 1.29 is 48.0 Å². The molecule has 0 bridgehead atoms. The molecule has 5 aliphatic heterocycles. The van der Waals surface area contributed by atoms with Crippen molar-refractivity contribution in [3.63, 3.8) is 0 Å². The summed E-state index contributed by atoms with van der Waals surface area (Å²) in [6, 6.07) is 32.8. The minimum atomic E-state index is -1.95. The lowest BCUT2D eigenvalue weighted by atomic mass is 9.65. The summed E-state index contributed by atoms with van der Waals surface area (Å²) in [7, 11) is 1.23. The number of imide groups is 1. The van der Waals surface area contributed by atoms with E-state index in [1.807, 2.05) is 83.8 Å². The highest BCUT2D eigenvalue weighted by Gasteiger charge is 2.76. The number of methoxy groups -OCH3 is 1. The van der Waals surface area contributed by atoms with Gasteiger partial charge in [0.2, 0.25) is 18.6 Å². The number of phenolic OH excluding ortho intramolecular Hbond substituents is 1. The van der Waals surface area contributed by atoms with Crippen molar-refractivity contribution in [2.75, 3.05) is 45.0 Å². The number of carbonyl (C=O) groups excluding carboxylic acids is 5. The molecule has 4 amide bonds. The third-order valence-corrected chi connectivity index (χ3v) is 14.0. The number of esters is 2. The van der Waals surface area contributed by atoms with Gasteiger partial charge in [-0.2, -0.15) is 0 Å². The van der Waals surface area contributed by atoms with Gasteiger partial charge < -0.3 is 34.3 Å². The molecule has 67 heavy (non-hydrogen) atoms. The Hall–Kier alpha value is -7.23. The maximum Gasteiger partial charge on any atom is 0.329 e. The number of carbonyl (C=O) groups is 5. The first-order valence-electron chi connectivity index (χ1n) is 22.6. The van der Waals surface area contributed by atoms with E-state index in [-0.39, 0.29) is 31.3 Å². The Balaban J connectivity index is 1.14. The summed E-state index contributed by atoms with van der Waals surface area (Å²) < 4.78 is 22.8. The van der Waals surface area contributed by atoms with Crippen LogP contribution in [-0.2, 0) is 40.6 Å². The Morgan fingerprint density at radius 3 is 2.12 bits per heavy atom. The first kappa shape index (κ1) is 43.7. The largest absolute Gasteiger partial charge is 0.508 e. The third-order valence-electron chi connectivity index (χ3n) is 14.0. The fraction of sp³-hybridized carbons (Fsp3) is 0.327. The van der Waals surface area contributed by atoms with Gasteiger partial charge in [0.25, 0.3) is 0 Å². The number of benzene rings is 5. The van der Waals surface area contributed by atoms with E-state index in [2.05, 4.69) is 10.2 Å². The number of para-hydroxylation sites is 1. The Bertz CT molecular complexity index is 2710. The minimum absolute atomic E-state index is 0.0277. The molecule has 5 aliphatic rings. The van der Waals surface area contributed by atoms with E-state index in [9.17, 15) is 14.7 Å². The van der Waals surface area contributed by atoms with Crippen LogP contribution in [0.25, 0.3) is 0 Å². The molecule has 0 aromatic heterocycles. The number of aromatic hydroxyl groups is 1. The molecule has 0 aliphatic carbocycles. The maximum absolute atomic E-state index is 16.4. The number of cyclic esters (lactones) is 1. The van der Waals surface area contributed by atoms with Gasteiger partial charge in [-0.1, -0.05) is 111 Å². The molecule has 1 spiro atoms. The van der Waals surface area contributed by atoms with Crippen LogP contribution >= 0.6 is 0 Å². The summed E-state index contributed by atoms with van der Waals surface area (Å²) in [5, 5.41) is 13.5. The average molecular weight is 906 g/mol. The van der Waals surface area contributed by atoms with Crippen LogP contribution in [0.2, 0.25) is 0 Å². The number of nitrogens with one attached hydrogen (secondary N) is 1. The molecule has 5 heterocycles. The number of rotatable bonds is 9. The number of anilines is 1. The van der Waals surface area contributed by atoms with Crippen LogP contribution in [0, 0.1) is 11.8 Å². The molecule has 3 fully saturated rings. The number of ether oxygens (including phenoxy) is 4. The molecule has 344 valence electrons. The number of nitrogens with zero attached hydrogens (tertiary/aromatic N) is 4. The van der Waals surface area contributed by atoms with E-state index in [1.165, 1.54) is 19.2 Å². The topological polar surface area (TPSA) is 167 Å². The monoisotopic (exact) mass is 905 g/mol. The Kier molecular flexibility index (Phi) is 11.4. The molecular weight excluding hydrogens is 855 g/mol. The molecular formula is C52H51N5O10. The summed E-state index contributed by atoms with van der Waals surface area (Å²) in [5.74, 6) is -3.08. The molecule has 0 radical (unpaired) electrons. The maximum atomic E-state index is 16.4. The lowest BCUT2D eigenvalue weighted by molar-refractivity contribution is -0.179. The van der Waals surface area contributed by atoms with Crippen LogP contribution < -0.4 is 19.7 Å². The van der Waals surface area contributed by atoms with Gasteiger partial charge in [-0.3, -0.25) is 24.2 Å². The number of morpholine rings is 1. The fourth-order valence-corrected chi connectivity index (χ4v) is 10.9. The van der Waals surface area contributed by atoms with Crippen molar-refractivity contribution in [3.05, 3.63) is 155 Å². The molecule has 2 N–H and O–H groups in total. The molecule has 10 rings (SSSR count). The van der Waals surface area contributed by atoms with Crippen molar-refractivity contribution in [2.45, 2.75) is 56.1 Å². The van der Waals surface area contributed by atoms with Crippen LogP contribution in [0.5, 0.6) is 17.2 Å². The summed E-state index contributed by atoms with van der Waals surface area (Å²) >= 11 is 0. The number of hydrogen-bond donors (Lipinski definition) is 2. The number of phenols is 1. The predicted molar refractivity (Wildman–Crippen MR) is 244 cm³/mol. The number of piperazine rings is 1. The quantitative estimate of drug-likeness (QED) is 0.165. The smallest absolute Gasteiger partial charge is 0.329 e. The van der Waals surface area contributed by atoms with E-state index in [0.717, 1.165) is 16.0 Å². The zero-order valence-corrected chi connectivity index (χ0v) is 37.3. The van der Waals surface area contributed by atoms with E-state index >= 15 is 14.4 Å². The second kappa shape index (κ2) is 17.5. The number of urea groups is 1. The van der Waals surface area contributed by atoms with Gasteiger partial charge in [-0.15, -0.1) is 0 Å². The predicted octanol–water partition coefficient (Wildman–Crippen LogP) is 6.04. The lowest BCUT2D eigenvalue weighted by Gasteiger charge is -2.46. The minimum Gasteiger partial charge on any atom is -0.508 e. The fourth-order valence-electron chi connectivity index (χ4n) is 10.9. The second-order valence-electron chi connectivity index (χ2n) is 18.0. The summed E-state index contributed by atoms with van der Waals surface area (Å²) in [6.45, 7) is 5.81. The van der Waals surface area contributed by atoms with E-state index in [0.29, 0.717) is 47.8 Å². The molecule has 5 aromatic carbocycles. The zero-order valence-electron chi connectivity index (χ0n) is 37.3. The van der Waals surface area contributed by atoms with E-state index in [1.54, 1.807) is 55.1 Å². The van der Waals surface area contributed by atoms with Crippen molar-refractivity contribution in [3.8, 4) is 17.2 Å². The third kappa shape index (κ3) is 7.33. The molecule has 3 saturated heterocycles. The first-order chi connectivity index (χ1) is 32.5.